The van der Waals surface area contributed by atoms with Crippen LogP contribution < -0.4 is 5.84 Å². The van der Waals surface area contributed by atoms with Gasteiger partial charge >= 0.3 is 0 Å². The molecule has 0 aliphatic rings. The molecule has 0 radical (unpaired) electrons. The third-order valence-corrected chi connectivity index (χ3v) is 5.04. The molecule has 0 amide bonds. The first-order valence-corrected chi connectivity index (χ1v) is 9.54. The number of nitrogens with two attached hydrogens (primary N) is 1. The lowest BCUT2D eigenvalue weighted by atomic mass is 10.2. The summed E-state index contributed by atoms with van der Waals surface area (Å²) in [6.45, 7) is 0. The Morgan fingerprint density at radius 3 is 2.69 bits per heavy atom. The van der Waals surface area contributed by atoms with Gasteiger partial charge in [-0.2, -0.15) is 4.98 Å². The number of hydrogen-bond donors (Lipinski definition) is 1. The third-order valence-electron chi connectivity index (χ3n) is 3.88. The monoisotopic (exact) mass is 429 g/mol. The Morgan fingerprint density at radius 1 is 1.17 bits per heavy atom. The Kier molecular flexibility index (Phi) is 5.14. The van der Waals surface area contributed by atoms with Crippen LogP contribution in [0.2, 0.25) is 5.02 Å². The molecule has 0 aliphatic heterocycles. The van der Waals surface area contributed by atoms with Crippen LogP contribution in [0.25, 0.3) is 22.8 Å². The predicted molar refractivity (Wildman–Crippen MR) is 107 cm³/mol. The fraction of sp³-hybridized carbons (Fsp3) is 0.0588. The molecule has 0 spiro atoms. The van der Waals surface area contributed by atoms with Crippen LogP contribution in [0.1, 0.15) is 5.89 Å². The number of nitrogens with zero attached hydrogens (tertiary/aromatic N) is 6. The minimum atomic E-state index is -0.470. The number of non-ortho nitro benzene ring substituents is 1. The first-order valence-electron chi connectivity index (χ1n) is 8.18. The summed E-state index contributed by atoms with van der Waals surface area (Å²) in [6, 6.07) is 13.0. The van der Waals surface area contributed by atoms with Gasteiger partial charge in [0.05, 0.1) is 10.7 Å². The standard InChI is InChI=1S/C17H12ClN7O3S/c18-12-3-1-2-11(8-12)16-21-22-17(24(16)19)29-9-14-20-15(23-28-14)10-4-6-13(7-5-10)25(26)27/h1-8H,9,19H2. The molecule has 4 rings (SSSR count). The summed E-state index contributed by atoms with van der Waals surface area (Å²) >= 11 is 7.29. The quantitative estimate of drug-likeness (QED) is 0.211. The first kappa shape index (κ1) is 18.9. The van der Waals surface area contributed by atoms with Crippen LogP contribution in [0.5, 0.6) is 0 Å². The highest BCUT2D eigenvalue weighted by molar-refractivity contribution is 7.98. The van der Waals surface area contributed by atoms with Gasteiger partial charge in [-0.3, -0.25) is 10.1 Å². The Morgan fingerprint density at radius 2 is 1.97 bits per heavy atom. The Labute approximate surface area is 172 Å². The largest absolute Gasteiger partial charge is 0.338 e. The van der Waals surface area contributed by atoms with E-state index in [1.54, 1.807) is 30.3 Å². The fourth-order valence-electron chi connectivity index (χ4n) is 2.49. The van der Waals surface area contributed by atoms with Crippen LogP contribution in [0.15, 0.2) is 58.2 Å². The Bertz CT molecular complexity index is 1180. The zero-order chi connectivity index (χ0) is 20.4. The first-order chi connectivity index (χ1) is 14.0. The van der Waals surface area contributed by atoms with Crippen LogP contribution in [0.3, 0.4) is 0 Å². The number of halogens is 1. The second-order valence-electron chi connectivity index (χ2n) is 5.79. The van der Waals surface area contributed by atoms with Gasteiger partial charge in [0.15, 0.2) is 5.82 Å². The zero-order valence-electron chi connectivity index (χ0n) is 14.6. The maximum Gasteiger partial charge on any atom is 0.269 e. The van der Waals surface area contributed by atoms with E-state index >= 15 is 0 Å². The van der Waals surface area contributed by atoms with E-state index in [0.29, 0.717) is 39.0 Å². The lowest BCUT2D eigenvalue weighted by Crippen LogP contribution is -2.11. The SMILES string of the molecule is Nn1c(SCc2nc(-c3ccc([N+](=O)[O-])cc3)no2)nnc1-c1cccc(Cl)c1. The highest BCUT2D eigenvalue weighted by Gasteiger charge is 2.15. The second-order valence-corrected chi connectivity index (χ2v) is 7.17. The van der Waals surface area contributed by atoms with Crippen molar-refractivity contribution in [3.8, 4) is 22.8 Å². The summed E-state index contributed by atoms with van der Waals surface area (Å²) < 4.78 is 6.60. The number of aromatic nitrogens is 5. The molecule has 2 aromatic heterocycles. The summed E-state index contributed by atoms with van der Waals surface area (Å²) in [5.74, 6) is 7.59. The van der Waals surface area contributed by atoms with Crippen LogP contribution in [0, 0.1) is 10.1 Å². The number of rotatable bonds is 6. The van der Waals surface area contributed by atoms with Gasteiger partial charge in [0, 0.05) is 28.3 Å². The highest BCUT2D eigenvalue weighted by Crippen LogP contribution is 2.26. The molecule has 2 heterocycles. The summed E-state index contributed by atoms with van der Waals surface area (Å²) in [6.07, 6.45) is 0. The van der Waals surface area contributed by atoms with E-state index in [2.05, 4.69) is 20.3 Å². The molecule has 0 aliphatic carbocycles. The van der Waals surface area contributed by atoms with Gasteiger partial charge in [-0.15, -0.1) is 10.2 Å². The van der Waals surface area contributed by atoms with Gasteiger partial charge < -0.3 is 10.4 Å². The highest BCUT2D eigenvalue weighted by atomic mass is 35.5. The van der Waals surface area contributed by atoms with Crippen molar-refractivity contribution < 1.29 is 9.45 Å². The maximum absolute atomic E-state index is 10.7. The number of nitro benzene ring substituents is 1. The van der Waals surface area contributed by atoms with Crippen molar-refractivity contribution in [2.75, 3.05) is 5.84 Å². The molecular weight excluding hydrogens is 418 g/mol. The molecule has 10 nitrogen and oxygen atoms in total. The van der Waals surface area contributed by atoms with Gasteiger partial charge in [0.1, 0.15) is 0 Å². The fourth-order valence-corrected chi connectivity index (χ4v) is 3.37. The number of benzene rings is 2. The van der Waals surface area contributed by atoms with Crippen molar-refractivity contribution in [3.05, 3.63) is 69.6 Å². The molecule has 4 aromatic rings. The van der Waals surface area contributed by atoms with Crippen molar-refractivity contribution in [1.29, 1.82) is 0 Å². The van der Waals surface area contributed by atoms with Gasteiger partial charge in [-0.25, -0.2) is 4.68 Å². The van der Waals surface area contributed by atoms with Gasteiger partial charge in [-0.05, 0) is 24.3 Å². The van der Waals surface area contributed by atoms with Gasteiger partial charge in [0.2, 0.25) is 16.9 Å². The van der Waals surface area contributed by atoms with E-state index in [0.717, 1.165) is 5.56 Å². The number of hydrogen-bond acceptors (Lipinski definition) is 9. The number of nitro groups is 1. The minimum Gasteiger partial charge on any atom is -0.338 e. The second kappa shape index (κ2) is 7.89. The lowest BCUT2D eigenvalue weighted by molar-refractivity contribution is -0.384. The van der Waals surface area contributed by atoms with Crippen LogP contribution >= 0.6 is 23.4 Å². The summed E-state index contributed by atoms with van der Waals surface area (Å²) in [7, 11) is 0. The number of nitrogen functional groups attached to an aromatic ring is 1. The Balaban J connectivity index is 1.46. The van der Waals surface area contributed by atoms with Gasteiger partial charge in [0.25, 0.3) is 5.69 Å². The van der Waals surface area contributed by atoms with Crippen molar-refractivity contribution in [1.82, 2.24) is 25.0 Å². The maximum atomic E-state index is 10.7. The minimum absolute atomic E-state index is 0.00851. The van der Waals surface area contributed by atoms with E-state index in [-0.39, 0.29) is 5.69 Å². The average molecular weight is 430 g/mol. The summed E-state index contributed by atoms with van der Waals surface area (Å²) in [5, 5.41) is 23.9. The van der Waals surface area contributed by atoms with Crippen molar-refractivity contribution in [3.63, 3.8) is 0 Å². The summed E-state index contributed by atoms with van der Waals surface area (Å²) in [5.41, 5.74) is 1.35. The van der Waals surface area contributed by atoms with Gasteiger partial charge in [-0.1, -0.05) is 40.7 Å². The normalized spacial score (nSPS) is 10.9. The lowest BCUT2D eigenvalue weighted by Gasteiger charge is -2.03. The molecule has 2 N–H and O–H groups in total. The van der Waals surface area contributed by atoms with Crippen LogP contribution in [0.4, 0.5) is 5.69 Å². The Hall–Kier alpha value is -3.44. The zero-order valence-corrected chi connectivity index (χ0v) is 16.2. The van der Waals surface area contributed by atoms with Crippen molar-refractivity contribution in [2.45, 2.75) is 10.9 Å². The molecule has 0 bridgehead atoms. The van der Waals surface area contributed by atoms with Crippen molar-refractivity contribution in [2.24, 2.45) is 0 Å². The molecule has 2 aromatic carbocycles. The smallest absolute Gasteiger partial charge is 0.269 e. The third kappa shape index (κ3) is 4.05. The molecule has 0 saturated carbocycles. The number of thioether (sulfide) groups is 1. The van der Waals surface area contributed by atoms with E-state index in [1.807, 2.05) is 6.07 Å². The molecule has 146 valence electrons. The predicted octanol–water partition coefficient (Wildman–Crippen LogP) is 3.56. The molecule has 0 saturated heterocycles. The molecule has 12 heteroatoms. The van der Waals surface area contributed by atoms with E-state index < -0.39 is 4.92 Å². The van der Waals surface area contributed by atoms with Crippen LogP contribution in [-0.4, -0.2) is 29.9 Å². The molecular formula is C17H12ClN7O3S. The molecule has 0 fully saturated rings. The van der Waals surface area contributed by atoms with Crippen LogP contribution in [-0.2, 0) is 5.75 Å². The summed E-state index contributed by atoms with van der Waals surface area (Å²) in [4.78, 5) is 14.6. The van der Waals surface area contributed by atoms with Crippen molar-refractivity contribution >= 4 is 29.1 Å². The molecule has 0 atom stereocenters. The molecule has 29 heavy (non-hydrogen) atoms. The molecule has 0 unspecified atom stereocenters. The van der Waals surface area contributed by atoms with E-state index in [4.69, 9.17) is 22.0 Å². The topological polar surface area (TPSA) is 139 Å². The van der Waals surface area contributed by atoms with E-state index in [9.17, 15) is 10.1 Å². The average Bonchev–Trinajstić information content (AvgIpc) is 3.33. The van der Waals surface area contributed by atoms with E-state index in [1.165, 1.54) is 28.6 Å².